The van der Waals surface area contributed by atoms with E-state index in [2.05, 4.69) is 11.3 Å². The summed E-state index contributed by atoms with van der Waals surface area (Å²) in [5, 5.41) is 0. The van der Waals surface area contributed by atoms with Crippen LogP contribution >= 0.6 is 11.8 Å². The molecule has 0 aromatic rings. The van der Waals surface area contributed by atoms with Crippen LogP contribution in [-0.4, -0.2) is 31.7 Å². The molecule has 0 aliphatic carbocycles. The van der Waals surface area contributed by atoms with Gasteiger partial charge in [-0.2, -0.15) is 11.8 Å². The number of rotatable bonds is 3. The van der Waals surface area contributed by atoms with Crippen molar-refractivity contribution >= 4 is 17.7 Å². The summed E-state index contributed by atoms with van der Waals surface area (Å²) < 4.78 is 9.64. The Kier molecular flexibility index (Phi) is 3.42. The maximum atomic E-state index is 11.3. The van der Waals surface area contributed by atoms with E-state index in [-0.39, 0.29) is 5.97 Å². The van der Waals surface area contributed by atoms with Crippen molar-refractivity contribution in [1.82, 2.24) is 0 Å². The summed E-state index contributed by atoms with van der Waals surface area (Å²) >= 11 is 1.66. The van der Waals surface area contributed by atoms with Crippen LogP contribution in [0, 0.1) is 0 Å². The molecule has 0 bridgehead atoms. The van der Waals surface area contributed by atoms with Crippen molar-refractivity contribution in [1.29, 1.82) is 0 Å². The van der Waals surface area contributed by atoms with Crippen LogP contribution in [0.25, 0.3) is 0 Å². The molecule has 0 N–H and O–H groups in total. The number of hydrogen-bond donors (Lipinski definition) is 0. The fourth-order valence-corrected chi connectivity index (χ4v) is 2.24. The van der Waals surface area contributed by atoms with Gasteiger partial charge in [0.1, 0.15) is 5.76 Å². The molecule has 0 aromatic carbocycles. The fraction of sp³-hybridized carbons (Fsp3) is 0.444. The zero-order chi connectivity index (χ0) is 9.84. The minimum absolute atomic E-state index is 0.279. The van der Waals surface area contributed by atoms with Crippen molar-refractivity contribution in [3.8, 4) is 0 Å². The highest BCUT2D eigenvalue weighted by Gasteiger charge is 2.23. The Bertz CT molecular complexity index is 242. The molecule has 1 aliphatic rings. The Labute approximate surface area is 81.8 Å². The van der Waals surface area contributed by atoms with Crippen molar-refractivity contribution in [2.45, 2.75) is 0 Å². The van der Waals surface area contributed by atoms with E-state index in [4.69, 9.17) is 4.74 Å². The zero-order valence-electron chi connectivity index (χ0n) is 7.75. The molecule has 0 saturated heterocycles. The molecule has 1 aliphatic heterocycles. The molecule has 0 atom stereocenters. The Morgan fingerprint density at radius 1 is 1.31 bits per heavy atom. The molecule has 0 saturated carbocycles. The first-order chi connectivity index (χ1) is 6.20. The Hall–Kier alpha value is -0.900. The van der Waals surface area contributed by atoms with Gasteiger partial charge in [-0.25, -0.2) is 4.79 Å². The van der Waals surface area contributed by atoms with Gasteiger partial charge < -0.3 is 9.47 Å². The molecular formula is C9H12O3S. The third-order valence-electron chi connectivity index (χ3n) is 1.87. The van der Waals surface area contributed by atoms with Gasteiger partial charge in [0, 0.05) is 17.1 Å². The van der Waals surface area contributed by atoms with Crippen LogP contribution in [-0.2, 0) is 14.3 Å². The lowest BCUT2D eigenvalue weighted by atomic mass is 10.1. The predicted octanol–water partition coefficient (Wildman–Crippen LogP) is 1.36. The lowest BCUT2D eigenvalue weighted by Crippen LogP contribution is -2.08. The van der Waals surface area contributed by atoms with Gasteiger partial charge in [0.15, 0.2) is 0 Å². The van der Waals surface area contributed by atoms with Crippen LogP contribution < -0.4 is 0 Å². The smallest absolute Gasteiger partial charge is 0.335 e. The summed E-state index contributed by atoms with van der Waals surface area (Å²) in [6, 6.07) is 0. The van der Waals surface area contributed by atoms with Gasteiger partial charge >= 0.3 is 5.97 Å². The first kappa shape index (κ1) is 10.2. The molecular weight excluding hydrogens is 188 g/mol. The second-order valence-corrected chi connectivity index (χ2v) is 3.55. The van der Waals surface area contributed by atoms with E-state index in [0.29, 0.717) is 17.1 Å². The van der Waals surface area contributed by atoms with Crippen molar-refractivity contribution < 1.29 is 14.3 Å². The monoisotopic (exact) mass is 200 g/mol. The maximum absolute atomic E-state index is 11.3. The van der Waals surface area contributed by atoms with Crippen molar-refractivity contribution in [2.24, 2.45) is 0 Å². The first-order valence-electron chi connectivity index (χ1n) is 3.82. The van der Waals surface area contributed by atoms with Gasteiger partial charge in [0.2, 0.25) is 0 Å². The lowest BCUT2D eigenvalue weighted by molar-refractivity contribution is -0.136. The number of ether oxygens (including phenoxy) is 2. The average Bonchev–Trinajstić information content (AvgIpc) is 2.63. The summed E-state index contributed by atoms with van der Waals surface area (Å²) in [4.78, 5) is 11.3. The second-order valence-electron chi connectivity index (χ2n) is 2.57. The third-order valence-corrected chi connectivity index (χ3v) is 2.86. The molecule has 0 amide bonds. The van der Waals surface area contributed by atoms with Crippen molar-refractivity contribution in [3.05, 3.63) is 23.5 Å². The van der Waals surface area contributed by atoms with Gasteiger partial charge in [0.05, 0.1) is 19.8 Å². The predicted molar refractivity (Wildman–Crippen MR) is 52.5 cm³/mol. The van der Waals surface area contributed by atoms with Crippen molar-refractivity contribution in [3.63, 3.8) is 0 Å². The number of allylic oxidation sites excluding steroid dienone is 1. The molecule has 0 radical (unpaired) electrons. The maximum Gasteiger partial charge on any atom is 0.335 e. The van der Waals surface area contributed by atoms with Gasteiger partial charge in [-0.05, 0) is 0 Å². The van der Waals surface area contributed by atoms with E-state index in [0.717, 1.165) is 11.3 Å². The fourth-order valence-electron chi connectivity index (χ4n) is 1.11. The third kappa shape index (κ3) is 2.06. The van der Waals surface area contributed by atoms with Crippen LogP contribution in [0.5, 0.6) is 0 Å². The molecule has 72 valence electrons. The molecule has 4 heteroatoms. The summed E-state index contributed by atoms with van der Waals surface area (Å²) in [7, 11) is 2.93. The zero-order valence-corrected chi connectivity index (χ0v) is 8.57. The molecule has 3 nitrogen and oxygen atoms in total. The van der Waals surface area contributed by atoms with E-state index in [1.54, 1.807) is 18.9 Å². The van der Waals surface area contributed by atoms with Crippen LogP contribution in [0.15, 0.2) is 23.5 Å². The van der Waals surface area contributed by atoms with Crippen LogP contribution in [0.1, 0.15) is 0 Å². The van der Waals surface area contributed by atoms with E-state index in [1.807, 2.05) is 0 Å². The number of methoxy groups -OCH3 is 2. The Morgan fingerprint density at radius 2 is 1.92 bits per heavy atom. The number of carbonyl (C=O) groups excluding carboxylic acids is 1. The minimum Gasteiger partial charge on any atom is -0.497 e. The van der Waals surface area contributed by atoms with E-state index in [9.17, 15) is 4.79 Å². The van der Waals surface area contributed by atoms with Gasteiger partial charge in [-0.15, -0.1) is 0 Å². The first-order valence-corrected chi connectivity index (χ1v) is 4.97. The summed E-state index contributed by atoms with van der Waals surface area (Å²) in [6.45, 7) is 3.72. The molecule has 0 unspecified atom stereocenters. The highest BCUT2D eigenvalue weighted by Crippen LogP contribution is 2.29. The SMILES string of the molecule is C=C(OC)C1=C(C(=O)OC)CSC1. The molecule has 1 heterocycles. The van der Waals surface area contributed by atoms with E-state index < -0.39 is 0 Å². The number of carbonyl (C=O) groups is 1. The highest BCUT2D eigenvalue weighted by molar-refractivity contribution is 8.00. The lowest BCUT2D eigenvalue weighted by Gasteiger charge is -2.06. The number of thioether (sulfide) groups is 1. The minimum atomic E-state index is -0.279. The highest BCUT2D eigenvalue weighted by atomic mass is 32.2. The van der Waals surface area contributed by atoms with Crippen molar-refractivity contribution in [2.75, 3.05) is 25.7 Å². The standard InChI is InChI=1S/C9H12O3S/c1-6(11-2)7-4-13-5-8(7)9(10)12-3/h1,4-5H2,2-3H3. The second kappa shape index (κ2) is 4.37. The molecule has 13 heavy (non-hydrogen) atoms. The average molecular weight is 200 g/mol. The quantitative estimate of drug-likeness (QED) is 0.509. The summed E-state index contributed by atoms with van der Waals surface area (Å²) in [5.74, 6) is 1.74. The van der Waals surface area contributed by atoms with Gasteiger partial charge in [0.25, 0.3) is 0 Å². The Balaban J connectivity index is 2.89. The molecule has 0 aromatic heterocycles. The van der Waals surface area contributed by atoms with Gasteiger partial charge in [-0.1, -0.05) is 6.58 Å². The topological polar surface area (TPSA) is 35.5 Å². The van der Waals surface area contributed by atoms with E-state index >= 15 is 0 Å². The summed E-state index contributed by atoms with van der Waals surface area (Å²) in [6.07, 6.45) is 0. The molecule has 1 rings (SSSR count). The summed E-state index contributed by atoms with van der Waals surface area (Å²) in [5.41, 5.74) is 1.55. The number of hydrogen-bond acceptors (Lipinski definition) is 4. The van der Waals surface area contributed by atoms with Crippen LogP contribution in [0.3, 0.4) is 0 Å². The molecule has 0 spiro atoms. The van der Waals surface area contributed by atoms with E-state index in [1.165, 1.54) is 7.11 Å². The normalized spacial score (nSPS) is 15.8. The van der Waals surface area contributed by atoms with Gasteiger partial charge in [-0.3, -0.25) is 0 Å². The Morgan fingerprint density at radius 3 is 2.46 bits per heavy atom. The molecule has 0 fully saturated rings. The largest absolute Gasteiger partial charge is 0.497 e. The number of esters is 1. The van der Waals surface area contributed by atoms with Crippen LogP contribution in [0.4, 0.5) is 0 Å². The van der Waals surface area contributed by atoms with Crippen LogP contribution in [0.2, 0.25) is 0 Å².